The molecule has 0 bridgehead atoms. The molecule has 3 aromatic carbocycles. The maximum atomic E-state index is 13.3. The quantitative estimate of drug-likeness (QED) is 0.275. The summed E-state index contributed by atoms with van der Waals surface area (Å²) in [5.41, 5.74) is 3.65. The molecular weight excluding hydrogens is 550 g/mol. The molecule has 0 spiro atoms. The summed E-state index contributed by atoms with van der Waals surface area (Å²) in [6, 6.07) is 18.6. The van der Waals surface area contributed by atoms with Gasteiger partial charge in [-0.15, -0.1) is 0 Å². The van der Waals surface area contributed by atoms with E-state index >= 15 is 0 Å². The highest BCUT2D eigenvalue weighted by Gasteiger charge is 2.27. The van der Waals surface area contributed by atoms with Crippen molar-refractivity contribution in [3.63, 3.8) is 0 Å². The molecule has 3 rings (SSSR count). The summed E-state index contributed by atoms with van der Waals surface area (Å²) in [5.74, 6) is 0.621. The number of rotatable bonds is 11. The Balaban J connectivity index is 1.80. The molecular formula is C25H26BrN3O6S. The fourth-order valence-corrected chi connectivity index (χ4v) is 5.01. The highest BCUT2D eigenvalue weighted by atomic mass is 79.9. The van der Waals surface area contributed by atoms with Crippen LogP contribution in [0.15, 0.2) is 81.2 Å². The Hall–Kier alpha value is -3.41. The molecule has 0 aliphatic rings. The van der Waals surface area contributed by atoms with Gasteiger partial charge >= 0.3 is 0 Å². The van der Waals surface area contributed by atoms with E-state index in [0.717, 1.165) is 14.3 Å². The van der Waals surface area contributed by atoms with Gasteiger partial charge < -0.3 is 14.2 Å². The van der Waals surface area contributed by atoms with Gasteiger partial charge in [-0.05, 0) is 42.0 Å². The number of halogens is 1. The van der Waals surface area contributed by atoms with E-state index in [-0.39, 0.29) is 11.4 Å². The van der Waals surface area contributed by atoms with E-state index in [2.05, 4.69) is 26.5 Å². The molecule has 0 unspecified atom stereocenters. The minimum atomic E-state index is -3.97. The molecule has 0 saturated heterocycles. The summed E-state index contributed by atoms with van der Waals surface area (Å²) in [5, 5.41) is 3.98. The summed E-state index contributed by atoms with van der Waals surface area (Å²) in [4.78, 5) is 12.8. The van der Waals surface area contributed by atoms with Crippen molar-refractivity contribution in [2.75, 3.05) is 27.9 Å². The molecule has 1 amide bonds. The first kappa shape index (κ1) is 27.2. The van der Waals surface area contributed by atoms with Gasteiger partial charge in [0, 0.05) is 16.6 Å². The first-order chi connectivity index (χ1) is 17.3. The zero-order chi connectivity index (χ0) is 26.1. The third kappa shape index (κ3) is 6.62. The van der Waals surface area contributed by atoms with Crippen LogP contribution in [0.25, 0.3) is 0 Å². The minimum absolute atomic E-state index is 0.0138. The molecule has 36 heavy (non-hydrogen) atoms. The number of hydrogen-bond donors (Lipinski definition) is 1. The summed E-state index contributed by atoms with van der Waals surface area (Å²) >= 11 is 3.31. The van der Waals surface area contributed by atoms with Crippen molar-refractivity contribution < 1.29 is 27.4 Å². The van der Waals surface area contributed by atoms with Crippen molar-refractivity contribution in [1.29, 1.82) is 0 Å². The monoisotopic (exact) mass is 575 g/mol. The number of benzene rings is 3. The van der Waals surface area contributed by atoms with Crippen LogP contribution in [-0.2, 0) is 21.4 Å². The number of carbonyl (C=O) groups excluding carboxylic acids is 1. The third-order valence-electron chi connectivity index (χ3n) is 5.10. The average molecular weight is 576 g/mol. The molecule has 0 atom stereocenters. The largest absolute Gasteiger partial charge is 0.493 e. The van der Waals surface area contributed by atoms with E-state index in [1.54, 1.807) is 48.5 Å². The molecule has 0 fully saturated rings. The number of sulfonamides is 1. The standard InChI is InChI=1S/C25H26BrN3O6S/c1-33-22-14-9-19(24(34-2)25(22)35-3)15-27-28-23(30)17-29(16-18-7-5-4-6-8-18)36(31,32)21-12-10-20(26)11-13-21/h4-15H,16-17H2,1-3H3,(H,28,30)/b27-15-. The molecule has 3 aromatic rings. The Morgan fingerprint density at radius 3 is 2.22 bits per heavy atom. The number of amides is 1. The van der Waals surface area contributed by atoms with Gasteiger partial charge in [0.1, 0.15) is 0 Å². The van der Waals surface area contributed by atoms with Gasteiger partial charge in [-0.2, -0.15) is 9.41 Å². The van der Waals surface area contributed by atoms with Gasteiger partial charge in [-0.25, -0.2) is 13.8 Å². The van der Waals surface area contributed by atoms with Crippen molar-refractivity contribution in [1.82, 2.24) is 9.73 Å². The van der Waals surface area contributed by atoms with Crippen LogP contribution >= 0.6 is 15.9 Å². The number of ether oxygens (including phenoxy) is 3. The maximum absolute atomic E-state index is 13.3. The van der Waals surface area contributed by atoms with Crippen LogP contribution in [0.5, 0.6) is 17.2 Å². The van der Waals surface area contributed by atoms with E-state index in [1.165, 1.54) is 39.7 Å². The molecule has 190 valence electrons. The lowest BCUT2D eigenvalue weighted by Crippen LogP contribution is -2.39. The predicted molar refractivity (Wildman–Crippen MR) is 140 cm³/mol. The van der Waals surface area contributed by atoms with Crippen molar-refractivity contribution in [3.8, 4) is 17.2 Å². The van der Waals surface area contributed by atoms with Crippen LogP contribution < -0.4 is 19.6 Å². The average Bonchev–Trinajstić information content (AvgIpc) is 2.88. The first-order valence-corrected chi connectivity index (χ1v) is 12.9. The zero-order valence-corrected chi connectivity index (χ0v) is 22.4. The maximum Gasteiger partial charge on any atom is 0.255 e. The van der Waals surface area contributed by atoms with Crippen LogP contribution in [0.2, 0.25) is 0 Å². The summed E-state index contributed by atoms with van der Waals surface area (Å²) < 4.78 is 44.5. The summed E-state index contributed by atoms with van der Waals surface area (Å²) in [6.07, 6.45) is 1.38. The third-order valence-corrected chi connectivity index (χ3v) is 7.44. The van der Waals surface area contributed by atoms with Gasteiger partial charge in [0.15, 0.2) is 11.5 Å². The van der Waals surface area contributed by atoms with Crippen molar-refractivity contribution >= 4 is 38.1 Å². The van der Waals surface area contributed by atoms with Crippen molar-refractivity contribution in [2.45, 2.75) is 11.4 Å². The van der Waals surface area contributed by atoms with Crippen LogP contribution in [-0.4, -0.2) is 52.7 Å². The second kappa shape index (κ2) is 12.5. The fraction of sp³-hybridized carbons (Fsp3) is 0.200. The fourth-order valence-electron chi connectivity index (χ4n) is 3.36. The second-order valence-corrected chi connectivity index (χ2v) is 10.3. The topological polar surface area (TPSA) is 107 Å². The molecule has 0 saturated carbocycles. The molecule has 0 aromatic heterocycles. The van der Waals surface area contributed by atoms with Crippen molar-refractivity contribution in [2.24, 2.45) is 5.10 Å². The van der Waals surface area contributed by atoms with Crippen LogP contribution in [0.1, 0.15) is 11.1 Å². The number of carbonyl (C=O) groups is 1. The number of hydrogen-bond acceptors (Lipinski definition) is 7. The van der Waals surface area contributed by atoms with Crippen LogP contribution in [0.3, 0.4) is 0 Å². The molecule has 0 aliphatic heterocycles. The first-order valence-electron chi connectivity index (χ1n) is 10.7. The lowest BCUT2D eigenvalue weighted by molar-refractivity contribution is -0.121. The van der Waals surface area contributed by atoms with Gasteiger partial charge in [-0.3, -0.25) is 4.79 Å². The molecule has 0 aliphatic carbocycles. The van der Waals surface area contributed by atoms with Gasteiger partial charge in [0.05, 0.1) is 39.0 Å². The second-order valence-electron chi connectivity index (χ2n) is 7.43. The Bertz CT molecular complexity index is 1320. The lowest BCUT2D eigenvalue weighted by atomic mass is 10.2. The normalized spacial score (nSPS) is 11.5. The van der Waals surface area contributed by atoms with E-state index in [1.807, 2.05) is 6.07 Å². The number of nitrogens with one attached hydrogen (secondary N) is 1. The number of hydrazone groups is 1. The highest BCUT2D eigenvalue weighted by Crippen LogP contribution is 2.38. The van der Waals surface area contributed by atoms with E-state index in [9.17, 15) is 13.2 Å². The Kier molecular flexibility index (Phi) is 9.45. The number of methoxy groups -OCH3 is 3. The SMILES string of the molecule is COc1ccc(/C=N\NC(=O)CN(Cc2ccccc2)S(=O)(=O)c2ccc(Br)cc2)c(OC)c1OC. The van der Waals surface area contributed by atoms with Crippen molar-refractivity contribution in [3.05, 3.63) is 82.3 Å². The smallest absolute Gasteiger partial charge is 0.255 e. The minimum Gasteiger partial charge on any atom is -0.493 e. The zero-order valence-electron chi connectivity index (χ0n) is 20.0. The van der Waals surface area contributed by atoms with E-state index in [4.69, 9.17) is 14.2 Å². The van der Waals surface area contributed by atoms with E-state index < -0.39 is 22.5 Å². The predicted octanol–water partition coefficient (Wildman–Crippen LogP) is 3.82. The van der Waals surface area contributed by atoms with Gasteiger partial charge in [0.25, 0.3) is 5.91 Å². The van der Waals surface area contributed by atoms with Gasteiger partial charge in [0.2, 0.25) is 15.8 Å². The number of nitrogens with zero attached hydrogens (tertiary/aromatic N) is 2. The Morgan fingerprint density at radius 2 is 1.61 bits per heavy atom. The molecule has 0 radical (unpaired) electrons. The lowest BCUT2D eigenvalue weighted by Gasteiger charge is -2.21. The van der Waals surface area contributed by atoms with Crippen LogP contribution in [0.4, 0.5) is 0 Å². The highest BCUT2D eigenvalue weighted by molar-refractivity contribution is 9.10. The molecule has 9 nitrogen and oxygen atoms in total. The van der Waals surface area contributed by atoms with Gasteiger partial charge in [-0.1, -0.05) is 46.3 Å². The summed E-state index contributed by atoms with van der Waals surface area (Å²) in [7, 11) is 0.499. The van der Waals surface area contributed by atoms with Crippen LogP contribution in [0, 0.1) is 0 Å². The summed E-state index contributed by atoms with van der Waals surface area (Å²) in [6.45, 7) is -0.423. The molecule has 1 N–H and O–H groups in total. The molecule has 0 heterocycles. The Labute approximate surface area is 218 Å². The molecule has 11 heteroatoms. The van der Waals surface area contributed by atoms with E-state index in [0.29, 0.717) is 22.8 Å². The Morgan fingerprint density at radius 1 is 0.944 bits per heavy atom.